The van der Waals surface area contributed by atoms with Crippen molar-refractivity contribution in [1.82, 2.24) is 16.0 Å². The van der Waals surface area contributed by atoms with E-state index in [9.17, 15) is 29.1 Å². The van der Waals surface area contributed by atoms with Gasteiger partial charge in [0.25, 0.3) is 0 Å². The Bertz CT molecular complexity index is 1030. The van der Waals surface area contributed by atoms with Gasteiger partial charge in [0.1, 0.15) is 35.1 Å². The molecule has 0 aliphatic carbocycles. The molecular formula is C27H41N3O10. The molecular weight excluding hydrogens is 526 g/mol. The number of alkyl carbamates (subject to hydrolysis) is 1. The molecule has 0 saturated heterocycles. The van der Waals surface area contributed by atoms with Crippen molar-refractivity contribution in [2.24, 2.45) is 0 Å². The molecule has 13 heteroatoms. The van der Waals surface area contributed by atoms with Gasteiger partial charge in [0, 0.05) is 20.0 Å². The first kappa shape index (κ1) is 34.2. The largest absolute Gasteiger partial charge is 0.488 e. The standard InChI is InChI=1S/C27H41N3O10/c1-26(2,3)39-17-10-8-16(9-11-17)14-19(30-25(37)40-27(4,5)6)22(33)29-20(15-38-7)23(34)28-18(24(35)36)12-13-21(31)32/h8-11,18-20H,12-15H2,1-7H3,(H,28,34)(H,29,33)(H,30,37)(H,31,32)(H,35,36)/t18-,19-,20+/m0/s1. The van der Waals surface area contributed by atoms with Gasteiger partial charge < -0.3 is 40.4 Å². The highest BCUT2D eigenvalue weighted by atomic mass is 16.6. The van der Waals surface area contributed by atoms with Crippen LogP contribution in [0.5, 0.6) is 5.75 Å². The maximum atomic E-state index is 13.3. The summed E-state index contributed by atoms with van der Waals surface area (Å²) in [7, 11) is 1.28. The van der Waals surface area contributed by atoms with E-state index in [-0.39, 0.29) is 19.4 Å². The van der Waals surface area contributed by atoms with Gasteiger partial charge in [0.15, 0.2) is 0 Å². The minimum absolute atomic E-state index is 0.0263. The number of carboxylic acids is 2. The lowest BCUT2D eigenvalue weighted by molar-refractivity contribution is -0.143. The number of nitrogens with one attached hydrogen (secondary N) is 3. The van der Waals surface area contributed by atoms with Crippen LogP contribution in [0.15, 0.2) is 24.3 Å². The van der Waals surface area contributed by atoms with Gasteiger partial charge in [-0.05, 0) is 65.7 Å². The van der Waals surface area contributed by atoms with Gasteiger partial charge >= 0.3 is 18.0 Å². The number of carbonyl (C=O) groups excluding carboxylic acids is 3. The van der Waals surface area contributed by atoms with Gasteiger partial charge in [0.05, 0.1) is 6.61 Å². The smallest absolute Gasteiger partial charge is 0.408 e. The molecule has 40 heavy (non-hydrogen) atoms. The molecule has 0 aliphatic rings. The number of hydrogen-bond donors (Lipinski definition) is 5. The Morgan fingerprint density at radius 2 is 1.35 bits per heavy atom. The first-order chi connectivity index (χ1) is 18.4. The normalized spacial score (nSPS) is 13.8. The third-order valence-corrected chi connectivity index (χ3v) is 5.02. The van der Waals surface area contributed by atoms with Crippen LogP contribution in [0, 0.1) is 0 Å². The molecule has 5 N–H and O–H groups in total. The van der Waals surface area contributed by atoms with Gasteiger partial charge in [-0.15, -0.1) is 0 Å². The van der Waals surface area contributed by atoms with Crippen LogP contribution in [-0.2, 0) is 35.1 Å². The van der Waals surface area contributed by atoms with Gasteiger partial charge in [0.2, 0.25) is 11.8 Å². The lowest BCUT2D eigenvalue weighted by Crippen LogP contribution is -2.57. The third kappa shape index (κ3) is 13.8. The van der Waals surface area contributed by atoms with E-state index in [1.807, 2.05) is 20.8 Å². The van der Waals surface area contributed by atoms with Crippen molar-refractivity contribution in [1.29, 1.82) is 0 Å². The molecule has 224 valence electrons. The average Bonchev–Trinajstić information content (AvgIpc) is 2.79. The Morgan fingerprint density at radius 1 is 0.800 bits per heavy atom. The van der Waals surface area contributed by atoms with E-state index >= 15 is 0 Å². The Morgan fingerprint density at radius 3 is 1.82 bits per heavy atom. The predicted octanol–water partition coefficient (Wildman–Crippen LogP) is 1.87. The predicted molar refractivity (Wildman–Crippen MR) is 144 cm³/mol. The van der Waals surface area contributed by atoms with Crippen molar-refractivity contribution >= 4 is 29.8 Å². The van der Waals surface area contributed by atoms with E-state index in [0.29, 0.717) is 11.3 Å². The van der Waals surface area contributed by atoms with Crippen molar-refractivity contribution in [3.8, 4) is 5.75 Å². The zero-order valence-electron chi connectivity index (χ0n) is 24.0. The number of rotatable bonds is 14. The van der Waals surface area contributed by atoms with Crippen molar-refractivity contribution in [2.45, 2.75) is 90.1 Å². The minimum Gasteiger partial charge on any atom is -0.488 e. The Balaban J connectivity index is 3.12. The fourth-order valence-corrected chi connectivity index (χ4v) is 3.36. The highest BCUT2D eigenvalue weighted by Gasteiger charge is 2.31. The topological polar surface area (TPSA) is 190 Å². The number of aliphatic carboxylic acids is 2. The number of amides is 3. The van der Waals surface area contributed by atoms with Crippen LogP contribution >= 0.6 is 0 Å². The van der Waals surface area contributed by atoms with Crippen molar-refractivity contribution in [3.05, 3.63) is 29.8 Å². The molecule has 0 bridgehead atoms. The van der Waals surface area contributed by atoms with Crippen LogP contribution in [0.4, 0.5) is 4.79 Å². The molecule has 0 heterocycles. The zero-order chi connectivity index (χ0) is 30.7. The molecule has 3 amide bonds. The molecule has 1 rings (SSSR count). The van der Waals surface area contributed by atoms with Crippen LogP contribution < -0.4 is 20.7 Å². The van der Waals surface area contributed by atoms with Gasteiger partial charge in [-0.25, -0.2) is 9.59 Å². The molecule has 3 atom stereocenters. The first-order valence-corrected chi connectivity index (χ1v) is 12.7. The van der Waals surface area contributed by atoms with E-state index in [4.69, 9.17) is 19.3 Å². The van der Waals surface area contributed by atoms with E-state index < -0.39 is 65.6 Å². The zero-order valence-corrected chi connectivity index (χ0v) is 24.0. The SMILES string of the molecule is COC[C@@H](NC(=O)[C@H](Cc1ccc(OC(C)(C)C)cc1)NC(=O)OC(C)(C)C)C(=O)N[C@@H](CCC(=O)O)C(=O)O. The van der Waals surface area contributed by atoms with Crippen LogP contribution in [0.1, 0.15) is 59.9 Å². The fraction of sp³-hybridized carbons (Fsp3) is 0.593. The molecule has 0 radical (unpaired) electrons. The van der Waals surface area contributed by atoms with E-state index in [1.165, 1.54) is 7.11 Å². The highest BCUT2D eigenvalue weighted by molar-refractivity contribution is 5.93. The molecule has 0 saturated carbocycles. The molecule has 0 spiro atoms. The number of benzene rings is 1. The summed E-state index contributed by atoms with van der Waals surface area (Å²) in [4.78, 5) is 61.0. The van der Waals surface area contributed by atoms with Crippen molar-refractivity contribution in [3.63, 3.8) is 0 Å². The van der Waals surface area contributed by atoms with Crippen molar-refractivity contribution < 1.29 is 48.4 Å². The summed E-state index contributed by atoms with van der Waals surface area (Å²) in [6.07, 6.45) is -1.67. The Hall–Kier alpha value is -3.87. The fourth-order valence-electron chi connectivity index (χ4n) is 3.36. The average molecular weight is 568 g/mol. The van der Waals surface area contributed by atoms with Gasteiger partial charge in [-0.3, -0.25) is 14.4 Å². The first-order valence-electron chi connectivity index (χ1n) is 12.7. The molecule has 0 aromatic heterocycles. The summed E-state index contributed by atoms with van der Waals surface area (Å²) in [6, 6.07) is 2.91. The highest BCUT2D eigenvalue weighted by Crippen LogP contribution is 2.19. The summed E-state index contributed by atoms with van der Waals surface area (Å²) in [6.45, 7) is 10.4. The summed E-state index contributed by atoms with van der Waals surface area (Å²) in [5, 5.41) is 25.4. The Labute approximate surface area is 233 Å². The molecule has 0 unspecified atom stereocenters. The van der Waals surface area contributed by atoms with Gasteiger partial charge in [-0.1, -0.05) is 12.1 Å². The second-order valence-corrected chi connectivity index (χ2v) is 11.1. The second-order valence-electron chi connectivity index (χ2n) is 11.1. The molecule has 13 nitrogen and oxygen atoms in total. The summed E-state index contributed by atoms with van der Waals surface area (Å²) >= 11 is 0. The molecule has 1 aromatic rings. The quantitative estimate of drug-likeness (QED) is 0.222. The lowest BCUT2D eigenvalue weighted by Gasteiger charge is -2.26. The summed E-state index contributed by atoms with van der Waals surface area (Å²) in [5.41, 5.74) is -0.575. The lowest BCUT2D eigenvalue weighted by atomic mass is 10.0. The number of carboxylic acid groups (broad SMARTS) is 2. The van der Waals surface area contributed by atoms with Crippen molar-refractivity contribution in [2.75, 3.05) is 13.7 Å². The van der Waals surface area contributed by atoms with Gasteiger partial charge in [-0.2, -0.15) is 0 Å². The minimum atomic E-state index is -1.50. The molecule has 1 aromatic carbocycles. The third-order valence-electron chi connectivity index (χ3n) is 5.02. The number of ether oxygens (including phenoxy) is 3. The van der Waals surface area contributed by atoms with Crippen LogP contribution in [0.25, 0.3) is 0 Å². The number of methoxy groups -OCH3 is 1. The number of hydrogen-bond acceptors (Lipinski definition) is 8. The molecule has 0 fully saturated rings. The maximum absolute atomic E-state index is 13.3. The maximum Gasteiger partial charge on any atom is 0.408 e. The second kappa shape index (κ2) is 15.1. The van der Waals surface area contributed by atoms with Crippen LogP contribution in [0.3, 0.4) is 0 Å². The number of carbonyl (C=O) groups is 5. The van der Waals surface area contributed by atoms with E-state index in [1.54, 1.807) is 45.0 Å². The molecule has 0 aliphatic heterocycles. The summed E-state index contributed by atoms with van der Waals surface area (Å²) in [5.74, 6) is -3.69. The monoisotopic (exact) mass is 567 g/mol. The van der Waals surface area contributed by atoms with E-state index in [0.717, 1.165) is 0 Å². The summed E-state index contributed by atoms with van der Waals surface area (Å²) < 4.78 is 16.1. The van der Waals surface area contributed by atoms with Crippen LogP contribution in [-0.4, -0.2) is 83.1 Å². The Kier molecular flexibility index (Phi) is 12.9. The van der Waals surface area contributed by atoms with E-state index in [2.05, 4.69) is 16.0 Å². The van der Waals surface area contributed by atoms with Crippen LogP contribution in [0.2, 0.25) is 0 Å².